The van der Waals surface area contributed by atoms with Crippen molar-refractivity contribution in [3.05, 3.63) is 30.3 Å². The first-order valence-electron chi connectivity index (χ1n) is 7.68. The van der Waals surface area contributed by atoms with Gasteiger partial charge in [0.1, 0.15) is 0 Å². The van der Waals surface area contributed by atoms with Crippen LogP contribution < -0.4 is 4.90 Å². The number of terminal acetylenes is 1. The van der Waals surface area contributed by atoms with Crippen LogP contribution in [-0.2, 0) is 4.79 Å². The van der Waals surface area contributed by atoms with Crippen LogP contribution in [0.5, 0.6) is 0 Å². The molecular formula is C17H20N4O. The van der Waals surface area contributed by atoms with Gasteiger partial charge in [0.05, 0.1) is 6.42 Å². The molecule has 5 nitrogen and oxygen atoms in total. The lowest BCUT2D eigenvalue weighted by Gasteiger charge is -2.36. The second-order valence-corrected chi connectivity index (χ2v) is 5.77. The van der Waals surface area contributed by atoms with Crippen molar-refractivity contribution in [1.82, 2.24) is 4.90 Å². The van der Waals surface area contributed by atoms with Crippen LogP contribution in [0.15, 0.2) is 40.6 Å². The van der Waals surface area contributed by atoms with Gasteiger partial charge in [0.2, 0.25) is 11.6 Å². The highest BCUT2D eigenvalue weighted by Crippen LogP contribution is 2.37. The van der Waals surface area contributed by atoms with Crippen LogP contribution in [0.1, 0.15) is 19.3 Å². The summed E-state index contributed by atoms with van der Waals surface area (Å²) in [6.07, 6.45) is 6.93. The van der Waals surface area contributed by atoms with Crippen molar-refractivity contribution >= 4 is 11.6 Å². The van der Waals surface area contributed by atoms with Crippen molar-refractivity contribution in [2.75, 3.05) is 31.1 Å². The first-order chi connectivity index (χ1) is 10.7. The molecule has 2 aliphatic rings. The van der Waals surface area contributed by atoms with Crippen molar-refractivity contribution < 1.29 is 4.79 Å². The van der Waals surface area contributed by atoms with Gasteiger partial charge < -0.3 is 9.80 Å². The minimum Gasteiger partial charge on any atom is -0.368 e. The molecule has 3 rings (SSSR count). The number of hydrogen-bond donors (Lipinski definition) is 0. The van der Waals surface area contributed by atoms with Gasteiger partial charge in [-0.05, 0) is 12.1 Å². The van der Waals surface area contributed by atoms with Gasteiger partial charge in [-0.3, -0.25) is 4.79 Å². The quantitative estimate of drug-likeness (QED) is 0.783. The van der Waals surface area contributed by atoms with Crippen molar-refractivity contribution in [1.29, 1.82) is 0 Å². The molecule has 0 unspecified atom stereocenters. The van der Waals surface area contributed by atoms with Crippen LogP contribution in [0.4, 0.5) is 5.69 Å². The van der Waals surface area contributed by atoms with E-state index in [1.54, 1.807) is 0 Å². The largest absolute Gasteiger partial charge is 0.368 e. The lowest BCUT2D eigenvalue weighted by Crippen LogP contribution is -2.49. The van der Waals surface area contributed by atoms with Crippen LogP contribution in [0.25, 0.3) is 0 Å². The number of amides is 1. The zero-order valence-electron chi connectivity index (χ0n) is 12.6. The SMILES string of the molecule is C#CCCC1(CC(=O)N2CCN(c3ccccc3)CC2)N=N1. The Kier molecular flexibility index (Phi) is 4.10. The molecule has 1 aromatic rings. The van der Waals surface area contributed by atoms with Crippen LogP contribution in [0, 0.1) is 12.3 Å². The van der Waals surface area contributed by atoms with Gasteiger partial charge in [-0.15, -0.1) is 12.3 Å². The summed E-state index contributed by atoms with van der Waals surface area (Å²) >= 11 is 0. The Labute approximate surface area is 131 Å². The highest BCUT2D eigenvalue weighted by molar-refractivity contribution is 5.78. The van der Waals surface area contributed by atoms with Crippen molar-refractivity contribution in [2.45, 2.75) is 24.9 Å². The average molecular weight is 296 g/mol. The fourth-order valence-electron chi connectivity index (χ4n) is 2.81. The van der Waals surface area contributed by atoms with E-state index in [2.05, 4.69) is 33.2 Å². The number of carbonyl (C=O) groups is 1. The minimum atomic E-state index is -0.514. The number of rotatable bonds is 5. The highest BCUT2D eigenvalue weighted by Gasteiger charge is 2.42. The van der Waals surface area contributed by atoms with E-state index in [4.69, 9.17) is 6.42 Å². The maximum absolute atomic E-state index is 12.4. The lowest BCUT2D eigenvalue weighted by molar-refractivity contribution is -0.132. The highest BCUT2D eigenvalue weighted by atomic mass is 16.2. The smallest absolute Gasteiger partial charge is 0.227 e. The molecule has 1 aromatic carbocycles. The molecule has 0 N–H and O–H groups in total. The van der Waals surface area contributed by atoms with Gasteiger partial charge in [0.25, 0.3) is 0 Å². The minimum absolute atomic E-state index is 0.134. The van der Waals surface area contributed by atoms with E-state index in [9.17, 15) is 4.79 Å². The van der Waals surface area contributed by atoms with Crippen molar-refractivity contribution in [3.63, 3.8) is 0 Å². The van der Waals surface area contributed by atoms with E-state index >= 15 is 0 Å². The molecule has 1 amide bonds. The third-order valence-electron chi connectivity index (χ3n) is 4.24. The monoisotopic (exact) mass is 296 g/mol. The maximum Gasteiger partial charge on any atom is 0.227 e. The molecule has 0 radical (unpaired) electrons. The van der Waals surface area contributed by atoms with E-state index in [-0.39, 0.29) is 5.91 Å². The number of benzene rings is 1. The molecule has 1 saturated heterocycles. The molecule has 5 heteroatoms. The molecule has 2 heterocycles. The molecule has 0 spiro atoms. The third-order valence-corrected chi connectivity index (χ3v) is 4.24. The molecule has 0 saturated carbocycles. The van der Waals surface area contributed by atoms with Gasteiger partial charge in [-0.2, -0.15) is 10.2 Å². The van der Waals surface area contributed by atoms with Crippen LogP contribution in [0.2, 0.25) is 0 Å². The summed E-state index contributed by atoms with van der Waals surface area (Å²) in [4.78, 5) is 16.6. The van der Waals surface area contributed by atoms with Crippen LogP contribution >= 0.6 is 0 Å². The first-order valence-corrected chi connectivity index (χ1v) is 7.68. The molecule has 0 bridgehead atoms. The summed E-state index contributed by atoms with van der Waals surface area (Å²) in [7, 11) is 0. The number of nitrogens with zero attached hydrogens (tertiary/aromatic N) is 4. The average Bonchev–Trinajstić information content (AvgIpc) is 3.34. The number of hydrogen-bond acceptors (Lipinski definition) is 4. The standard InChI is InChI=1S/C17H20N4O/c1-2-3-9-17(18-19-17)14-16(22)21-12-10-20(11-13-21)15-7-5-4-6-8-15/h1,4-8H,3,9-14H2. The van der Waals surface area contributed by atoms with Crippen LogP contribution in [-0.4, -0.2) is 42.6 Å². The van der Waals surface area contributed by atoms with Gasteiger partial charge in [-0.1, -0.05) is 18.2 Å². The summed E-state index contributed by atoms with van der Waals surface area (Å²) < 4.78 is 0. The number of piperazine rings is 1. The molecule has 2 aliphatic heterocycles. The molecule has 0 atom stereocenters. The zero-order chi connectivity index (χ0) is 15.4. The van der Waals surface area contributed by atoms with Gasteiger partial charge in [-0.25, -0.2) is 0 Å². The van der Waals surface area contributed by atoms with Gasteiger partial charge in [0.15, 0.2) is 0 Å². The Hall–Kier alpha value is -2.35. The molecular weight excluding hydrogens is 276 g/mol. The molecule has 114 valence electrons. The molecule has 0 aromatic heterocycles. The fraction of sp³-hybridized carbons (Fsp3) is 0.471. The molecule has 0 aliphatic carbocycles. The lowest BCUT2D eigenvalue weighted by atomic mass is 10.0. The van der Waals surface area contributed by atoms with E-state index in [1.165, 1.54) is 5.69 Å². The normalized spacial score (nSPS) is 18.9. The Balaban J connectivity index is 1.49. The number of anilines is 1. The maximum atomic E-state index is 12.4. The van der Waals surface area contributed by atoms with E-state index in [0.717, 1.165) is 26.2 Å². The van der Waals surface area contributed by atoms with E-state index in [1.807, 2.05) is 23.1 Å². The van der Waals surface area contributed by atoms with Crippen LogP contribution in [0.3, 0.4) is 0 Å². The van der Waals surface area contributed by atoms with Gasteiger partial charge in [0, 0.05) is 44.7 Å². The summed E-state index contributed by atoms with van der Waals surface area (Å²) in [5, 5.41) is 8.08. The number of para-hydroxylation sites is 1. The van der Waals surface area contributed by atoms with Gasteiger partial charge >= 0.3 is 0 Å². The first kappa shape index (κ1) is 14.6. The molecule has 22 heavy (non-hydrogen) atoms. The third kappa shape index (κ3) is 3.28. The Morgan fingerprint density at radius 2 is 1.86 bits per heavy atom. The second kappa shape index (κ2) is 6.18. The van der Waals surface area contributed by atoms with E-state index in [0.29, 0.717) is 19.3 Å². The summed E-state index contributed by atoms with van der Waals surface area (Å²) in [6, 6.07) is 10.3. The predicted molar refractivity (Wildman–Crippen MR) is 85.5 cm³/mol. The fourth-order valence-corrected chi connectivity index (χ4v) is 2.81. The van der Waals surface area contributed by atoms with E-state index < -0.39 is 5.66 Å². The Morgan fingerprint density at radius 3 is 2.45 bits per heavy atom. The Bertz CT molecular complexity index is 591. The predicted octanol–water partition coefficient (Wildman–Crippen LogP) is 2.30. The molecule has 1 fully saturated rings. The summed E-state index contributed by atoms with van der Waals surface area (Å²) in [5.74, 6) is 2.72. The summed E-state index contributed by atoms with van der Waals surface area (Å²) in [5.41, 5.74) is 0.701. The second-order valence-electron chi connectivity index (χ2n) is 5.77. The zero-order valence-corrected chi connectivity index (χ0v) is 12.6. The number of carbonyl (C=O) groups excluding carboxylic acids is 1. The van der Waals surface area contributed by atoms with Crippen molar-refractivity contribution in [2.24, 2.45) is 10.2 Å². The topological polar surface area (TPSA) is 48.3 Å². The Morgan fingerprint density at radius 1 is 1.18 bits per heavy atom. The van der Waals surface area contributed by atoms with Crippen molar-refractivity contribution in [3.8, 4) is 12.3 Å². The summed E-state index contributed by atoms with van der Waals surface area (Å²) in [6.45, 7) is 3.22.